The lowest BCUT2D eigenvalue weighted by Gasteiger charge is -2.30. The lowest BCUT2D eigenvalue weighted by atomic mass is 10.0. The first-order chi connectivity index (χ1) is 9.22. The van der Waals surface area contributed by atoms with E-state index >= 15 is 0 Å². The Kier molecular flexibility index (Phi) is 3.73. The molecule has 0 bridgehead atoms. The third-order valence-corrected chi connectivity index (χ3v) is 5.08. The van der Waals surface area contributed by atoms with E-state index in [0.717, 1.165) is 37.5 Å². The first-order valence-corrected chi connectivity index (χ1v) is 8.08. The van der Waals surface area contributed by atoms with Gasteiger partial charge in [-0.3, -0.25) is 5.32 Å². The predicted molar refractivity (Wildman–Crippen MR) is 77.7 cm³/mol. The highest BCUT2D eigenvalue weighted by Gasteiger charge is 2.22. The highest BCUT2D eigenvalue weighted by molar-refractivity contribution is 7.15. The molecule has 1 fully saturated rings. The van der Waals surface area contributed by atoms with Crippen LogP contribution < -0.4 is 5.32 Å². The number of carbonyl (C=O) groups is 1. The summed E-state index contributed by atoms with van der Waals surface area (Å²) in [6.07, 6.45) is 7.03. The number of rotatable bonds is 1. The molecule has 0 radical (unpaired) electrons. The number of carbonyl (C=O) groups excluding carboxylic acids is 1. The average molecular weight is 279 g/mol. The van der Waals surface area contributed by atoms with Gasteiger partial charge < -0.3 is 4.90 Å². The maximum Gasteiger partial charge on any atom is 0.323 e. The van der Waals surface area contributed by atoms with E-state index in [-0.39, 0.29) is 6.03 Å². The summed E-state index contributed by atoms with van der Waals surface area (Å²) in [7, 11) is 0. The van der Waals surface area contributed by atoms with Gasteiger partial charge in [0.05, 0.1) is 5.69 Å². The predicted octanol–water partition coefficient (Wildman–Crippen LogP) is 3.29. The van der Waals surface area contributed by atoms with E-state index in [2.05, 4.69) is 17.2 Å². The summed E-state index contributed by atoms with van der Waals surface area (Å²) in [5.74, 6) is 0.615. The molecule has 1 N–H and O–H groups in total. The minimum Gasteiger partial charge on any atom is -0.324 e. The number of nitrogens with zero attached hydrogens (tertiary/aromatic N) is 2. The van der Waals surface area contributed by atoms with Crippen LogP contribution in [0.3, 0.4) is 0 Å². The maximum absolute atomic E-state index is 12.2. The van der Waals surface area contributed by atoms with E-state index in [4.69, 9.17) is 0 Å². The van der Waals surface area contributed by atoms with Gasteiger partial charge in [0.15, 0.2) is 5.13 Å². The second kappa shape index (κ2) is 5.49. The summed E-state index contributed by atoms with van der Waals surface area (Å²) in [6.45, 7) is 3.96. The van der Waals surface area contributed by atoms with Crippen molar-refractivity contribution >= 4 is 22.5 Å². The van der Waals surface area contributed by atoms with Crippen LogP contribution in [0.2, 0.25) is 0 Å². The number of aromatic nitrogens is 1. The summed E-state index contributed by atoms with van der Waals surface area (Å²) >= 11 is 1.66. The molecule has 2 heterocycles. The molecule has 1 aliphatic carbocycles. The van der Waals surface area contributed by atoms with E-state index in [1.165, 1.54) is 29.8 Å². The van der Waals surface area contributed by atoms with Crippen LogP contribution in [0.5, 0.6) is 0 Å². The van der Waals surface area contributed by atoms with Gasteiger partial charge in [0.2, 0.25) is 0 Å². The van der Waals surface area contributed by atoms with Crippen molar-refractivity contribution in [3.05, 3.63) is 10.6 Å². The molecule has 104 valence electrons. The second-order valence-corrected chi connectivity index (χ2v) is 6.80. The van der Waals surface area contributed by atoms with Gasteiger partial charge in [-0.15, -0.1) is 11.3 Å². The molecule has 1 aliphatic heterocycles. The third kappa shape index (κ3) is 2.91. The number of hydrogen-bond donors (Lipinski definition) is 1. The van der Waals surface area contributed by atoms with Gasteiger partial charge in [0.1, 0.15) is 0 Å². The summed E-state index contributed by atoms with van der Waals surface area (Å²) in [5, 5.41) is 3.77. The number of urea groups is 1. The molecule has 4 nitrogen and oxygen atoms in total. The molecule has 19 heavy (non-hydrogen) atoms. The fraction of sp³-hybridized carbons (Fsp3) is 0.714. The quantitative estimate of drug-likeness (QED) is 0.857. The molecule has 2 aliphatic rings. The number of anilines is 1. The van der Waals surface area contributed by atoms with Crippen LogP contribution in [0.15, 0.2) is 0 Å². The Bertz CT molecular complexity index is 448. The first-order valence-electron chi connectivity index (χ1n) is 7.27. The van der Waals surface area contributed by atoms with Crippen molar-refractivity contribution in [3.63, 3.8) is 0 Å². The Morgan fingerprint density at radius 1 is 1.37 bits per heavy atom. The van der Waals surface area contributed by atoms with Crippen molar-refractivity contribution in [2.24, 2.45) is 5.92 Å². The zero-order chi connectivity index (χ0) is 13.2. The molecule has 1 unspecified atom stereocenters. The van der Waals surface area contributed by atoms with Crippen molar-refractivity contribution in [1.29, 1.82) is 0 Å². The van der Waals surface area contributed by atoms with E-state index < -0.39 is 0 Å². The van der Waals surface area contributed by atoms with E-state index in [1.807, 2.05) is 4.90 Å². The van der Waals surface area contributed by atoms with E-state index in [0.29, 0.717) is 5.92 Å². The topological polar surface area (TPSA) is 45.2 Å². The highest BCUT2D eigenvalue weighted by Crippen LogP contribution is 2.29. The van der Waals surface area contributed by atoms with Crippen molar-refractivity contribution in [2.75, 3.05) is 18.4 Å². The standard InChI is InChI=1S/C14H21N3OS/c1-10-5-4-8-17(9-10)14(18)16-13-15-11-6-2-3-7-12(11)19-13/h10H,2-9H2,1H3,(H,15,16,18). The Hall–Kier alpha value is -1.10. The van der Waals surface area contributed by atoms with Crippen LogP contribution >= 0.6 is 11.3 Å². The van der Waals surface area contributed by atoms with Gasteiger partial charge in [-0.25, -0.2) is 9.78 Å². The molecular formula is C14H21N3OS. The van der Waals surface area contributed by atoms with Crippen LogP contribution in [0, 0.1) is 5.92 Å². The van der Waals surface area contributed by atoms with Gasteiger partial charge in [-0.05, 0) is 44.4 Å². The Balaban J connectivity index is 1.64. The molecule has 0 spiro atoms. The van der Waals surface area contributed by atoms with Crippen molar-refractivity contribution < 1.29 is 4.79 Å². The molecule has 5 heteroatoms. The molecule has 1 aromatic heterocycles. The normalized spacial score (nSPS) is 23.0. The molecule has 3 rings (SSSR count). The lowest BCUT2D eigenvalue weighted by Crippen LogP contribution is -2.41. The molecule has 0 saturated carbocycles. The first kappa shape index (κ1) is 12.9. The third-order valence-electron chi connectivity index (χ3n) is 4.00. The second-order valence-electron chi connectivity index (χ2n) is 5.72. The zero-order valence-corrected chi connectivity index (χ0v) is 12.3. The lowest BCUT2D eigenvalue weighted by molar-refractivity contribution is 0.182. The SMILES string of the molecule is CC1CCCN(C(=O)Nc2nc3c(s2)CCCC3)C1. The largest absolute Gasteiger partial charge is 0.324 e. The summed E-state index contributed by atoms with van der Waals surface area (Å²) in [6, 6.07) is 0.0256. The number of fused-ring (bicyclic) bond motifs is 1. The maximum atomic E-state index is 12.2. The van der Waals surface area contributed by atoms with Crippen LogP contribution in [0.25, 0.3) is 0 Å². The number of piperidine rings is 1. The van der Waals surface area contributed by atoms with Gasteiger partial charge >= 0.3 is 6.03 Å². The molecule has 1 aromatic rings. The van der Waals surface area contributed by atoms with Crippen LogP contribution in [0.4, 0.5) is 9.93 Å². The zero-order valence-electron chi connectivity index (χ0n) is 11.4. The summed E-state index contributed by atoms with van der Waals surface area (Å²) < 4.78 is 0. The van der Waals surface area contributed by atoms with Crippen LogP contribution in [-0.2, 0) is 12.8 Å². The van der Waals surface area contributed by atoms with Crippen molar-refractivity contribution in [2.45, 2.75) is 45.4 Å². The van der Waals surface area contributed by atoms with Crippen LogP contribution in [0.1, 0.15) is 43.2 Å². The Morgan fingerprint density at radius 2 is 2.21 bits per heavy atom. The Labute approximate surface area is 118 Å². The molecular weight excluding hydrogens is 258 g/mol. The number of amides is 2. The number of aryl methyl sites for hydroxylation is 2. The van der Waals surface area contributed by atoms with E-state index in [9.17, 15) is 4.79 Å². The highest BCUT2D eigenvalue weighted by atomic mass is 32.1. The van der Waals surface area contributed by atoms with Crippen LogP contribution in [-0.4, -0.2) is 29.0 Å². The molecule has 2 amide bonds. The fourth-order valence-corrected chi connectivity index (χ4v) is 3.99. The molecule has 0 aromatic carbocycles. The summed E-state index contributed by atoms with van der Waals surface area (Å²) in [5.41, 5.74) is 1.21. The average Bonchev–Trinajstić information content (AvgIpc) is 2.80. The Morgan fingerprint density at radius 3 is 3.00 bits per heavy atom. The number of hydrogen-bond acceptors (Lipinski definition) is 3. The number of likely N-dealkylation sites (tertiary alicyclic amines) is 1. The molecule has 1 atom stereocenters. The minimum atomic E-state index is 0.0256. The van der Waals surface area contributed by atoms with E-state index in [1.54, 1.807) is 11.3 Å². The molecule has 1 saturated heterocycles. The van der Waals surface area contributed by atoms with Gasteiger partial charge in [0, 0.05) is 18.0 Å². The van der Waals surface area contributed by atoms with Gasteiger partial charge in [0.25, 0.3) is 0 Å². The summed E-state index contributed by atoms with van der Waals surface area (Å²) in [4.78, 5) is 20.1. The van der Waals surface area contributed by atoms with Gasteiger partial charge in [-0.2, -0.15) is 0 Å². The fourth-order valence-electron chi connectivity index (χ4n) is 2.95. The van der Waals surface area contributed by atoms with Crippen molar-refractivity contribution in [1.82, 2.24) is 9.88 Å². The number of nitrogens with one attached hydrogen (secondary N) is 1. The van der Waals surface area contributed by atoms with Crippen molar-refractivity contribution in [3.8, 4) is 0 Å². The van der Waals surface area contributed by atoms with Gasteiger partial charge in [-0.1, -0.05) is 6.92 Å². The smallest absolute Gasteiger partial charge is 0.323 e. The number of thiazole rings is 1. The minimum absolute atomic E-state index is 0.0256. The monoisotopic (exact) mass is 279 g/mol.